The summed E-state index contributed by atoms with van der Waals surface area (Å²) in [6.45, 7) is -2.43. The first-order valence-corrected chi connectivity index (χ1v) is 14.3. The summed E-state index contributed by atoms with van der Waals surface area (Å²) in [6.07, 6.45) is 0.711. The number of alkyl halides is 2. The zero-order valence-electron chi connectivity index (χ0n) is 24.8. The van der Waals surface area contributed by atoms with Crippen LogP contribution >= 0.6 is 0 Å². The van der Waals surface area contributed by atoms with Crippen molar-refractivity contribution in [2.45, 2.75) is 38.7 Å². The molecule has 0 N–H and O–H groups in total. The third kappa shape index (κ3) is 6.85. The lowest BCUT2D eigenvalue weighted by molar-refractivity contribution is -0.0590. The summed E-state index contributed by atoms with van der Waals surface area (Å²) >= 11 is 0. The molecule has 2 aromatic carbocycles. The summed E-state index contributed by atoms with van der Waals surface area (Å²) in [5, 5.41) is 9.01. The van der Waals surface area contributed by atoms with E-state index in [9.17, 15) is 13.6 Å². The van der Waals surface area contributed by atoms with Crippen LogP contribution in [0.25, 0.3) is 22.3 Å². The second kappa shape index (κ2) is 13.4. The number of esters is 1. The van der Waals surface area contributed by atoms with Gasteiger partial charge in [0, 0.05) is 24.7 Å². The minimum Gasteiger partial charge on any atom is -0.473 e. The van der Waals surface area contributed by atoms with Crippen LogP contribution < -0.4 is 9.47 Å². The van der Waals surface area contributed by atoms with Gasteiger partial charge < -0.3 is 23.5 Å². The van der Waals surface area contributed by atoms with E-state index in [4.69, 9.17) is 19.5 Å². The molecule has 1 atom stereocenters. The molecule has 5 aromatic rings. The maximum absolute atomic E-state index is 15.6. The Hall–Kier alpha value is -5.55. The Labute approximate surface area is 265 Å². The average Bonchev–Trinajstić information content (AvgIpc) is 3.38. The Balaban J connectivity index is 1.25. The van der Waals surface area contributed by atoms with Crippen LogP contribution in [0.1, 0.15) is 39.4 Å². The van der Waals surface area contributed by atoms with Crippen LogP contribution in [0, 0.1) is 23.0 Å². The highest BCUT2D eigenvalue weighted by atomic mass is 19.3. The standard InChI is InChI=1S/C33H25F4N5O5/c1-44-32(43)18-6-8-27-28(12-18)42(16-22-9-10-45-22)29(40-27)13-20-11-25(35)23(14-24(20)34)26-3-2-4-30(41-26)46-17-19-5-7-21(15-38)39-31(19)47-33(36)37/h2-8,11-12,14,22,33H,9-10,13,16-17H2,1H3. The molecule has 14 heteroatoms. The molecule has 1 aliphatic rings. The van der Waals surface area contributed by atoms with Crippen molar-refractivity contribution in [1.82, 2.24) is 19.5 Å². The van der Waals surface area contributed by atoms with Gasteiger partial charge in [-0.15, -0.1) is 0 Å². The molecule has 10 nitrogen and oxygen atoms in total. The molecule has 1 aliphatic heterocycles. The van der Waals surface area contributed by atoms with E-state index in [1.807, 2.05) is 4.57 Å². The lowest BCUT2D eigenvalue weighted by Crippen LogP contribution is -2.31. The van der Waals surface area contributed by atoms with Gasteiger partial charge in [0.2, 0.25) is 11.8 Å². The molecule has 0 spiro atoms. The van der Waals surface area contributed by atoms with Crippen LogP contribution in [0.2, 0.25) is 0 Å². The predicted molar refractivity (Wildman–Crippen MR) is 158 cm³/mol. The number of carbonyl (C=O) groups is 1. The first kappa shape index (κ1) is 31.4. The van der Waals surface area contributed by atoms with E-state index >= 15 is 8.78 Å². The molecule has 0 bridgehead atoms. The van der Waals surface area contributed by atoms with Crippen LogP contribution in [0.5, 0.6) is 11.8 Å². The van der Waals surface area contributed by atoms with E-state index < -0.39 is 30.1 Å². The predicted octanol–water partition coefficient (Wildman–Crippen LogP) is 5.99. The van der Waals surface area contributed by atoms with Gasteiger partial charge in [-0.05, 0) is 60.5 Å². The Morgan fingerprint density at radius 1 is 1.06 bits per heavy atom. The Morgan fingerprint density at radius 3 is 2.62 bits per heavy atom. The number of ether oxygens (including phenoxy) is 4. The Morgan fingerprint density at radius 2 is 1.89 bits per heavy atom. The van der Waals surface area contributed by atoms with Gasteiger partial charge >= 0.3 is 12.6 Å². The van der Waals surface area contributed by atoms with E-state index in [0.717, 1.165) is 18.6 Å². The molecule has 0 radical (unpaired) electrons. The van der Waals surface area contributed by atoms with Gasteiger partial charge in [-0.1, -0.05) is 6.07 Å². The summed E-state index contributed by atoms with van der Waals surface area (Å²) < 4.78 is 79.1. The number of rotatable bonds is 11. The van der Waals surface area contributed by atoms with Crippen molar-refractivity contribution in [2.24, 2.45) is 0 Å². The van der Waals surface area contributed by atoms with Crippen molar-refractivity contribution >= 4 is 17.0 Å². The number of hydrogen-bond donors (Lipinski definition) is 0. The maximum atomic E-state index is 15.6. The zero-order chi connectivity index (χ0) is 33.1. The summed E-state index contributed by atoms with van der Waals surface area (Å²) in [7, 11) is 1.29. The number of methoxy groups -OCH3 is 1. The number of fused-ring (bicyclic) bond motifs is 1. The zero-order valence-corrected chi connectivity index (χ0v) is 24.8. The molecule has 0 aliphatic carbocycles. The quantitative estimate of drug-likeness (QED) is 0.126. The number of nitrogens with zero attached hydrogens (tertiary/aromatic N) is 5. The highest BCUT2D eigenvalue weighted by Gasteiger charge is 2.24. The number of benzene rings is 2. The molecule has 3 aromatic heterocycles. The van der Waals surface area contributed by atoms with Gasteiger partial charge in [0.25, 0.3) is 0 Å². The van der Waals surface area contributed by atoms with Gasteiger partial charge in [-0.3, -0.25) is 0 Å². The van der Waals surface area contributed by atoms with Crippen LogP contribution in [-0.4, -0.2) is 51.9 Å². The van der Waals surface area contributed by atoms with E-state index in [1.165, 1.54) is 37.4 Å². The number of imidazole rings is 1. The van der Waals surface area contributed by atoms with E-state index in [1.54, 1.807) is 24.3 Å². The molecule has 240 valence electrons. The lowest BCUT2D eigenvalue weighted by atomic mass is 10.0. The number of pyridine rings is 2. The molecule has 0 saturated carbocycles. The Bertz CT molecular complexity index is 2010. The second-order valence-electron chi connectivity index (χ2n) is 10.5. The smallest absolute Gasteiger partial charge is 0.388 e. The largest absolute Gasteiger partial charge is 0.473 e. The lowest BCUT2D eigenvalue weighted by Gasteiger charge is -2.27. The number of nitriles is 1. The van der Waals surface area contributed by atoms with E-state index in [0.29, 0.717) is 35.6 Å². The molecule has 4 heterocycles. The molecule has 6 rings (SSSR count). The number of aromatic nitrogens is 4. The van der Waals surface area contributed by atoms with Crippen LogP contribution in [0.4, 0.5) is 17.6 Å². The fourth-order valence-electron chi connectivity index (χ4n) is 5.10. The molecule has 1 fully saturated rings. The van der Waals surface area contributed by atoms with Crippen molar-refractivity contribution < 1.29 is 41.3 Å². The minimum absolute atomic E-state index is 0.00278. The fourth-order valence-corrected chi connectivity index (χ4v) is 5.10. The fraction of sp³-hybridized carbons (Fsp3) is 0.242. The van der Waals surface area contributed by atoms with Crippen molar-refractivity contribution in [3.63, 3.8) is 0 Å². The van der Waals surface area contributed by atoms with Gasteiger partial charge in [0.15, 0.2) is 0 Å². The van der Waals surface area contributed by atoms with Crippen molar-refractivity contribution in [2.75, 3.05) is 13.7 Å². The van der Waals surface area contributed by atoms with Gasteiger partial charge in [0.1, 0.15) is 35.8 Å². The van der Waals surface area contributed by atoms with Crippen molar-refractivity contribution in [3.05, 3.63) is 101 Å². The third-order valence-corrected chi connectivity index (χ3v) is 7.54. The van der Waals surface area contributed by atoms with Crippen LogP contribution in [0.15, 0.2) is 60.7 Å². The molecule has 1 unspecified atom stereocenters. The van der Waals surface area contributed by atoms with E-state index in [-0.39, 0.29) is 53.1 Å². The van der Waals surface area contributed by atoms with Crippen LogP contribution in [0.3, 0.4) is 0 Å². The second-order valence-corrected chi connectivity index (χ2v) is 10.5. The minimum atomic E-state index is -3.17. The van der Waals surface area contributed by atoms with Gasteiger partial charge in [-0.2, -0.15) is 14.0 Å². The third-order valence-electron chi connectivity index (χ3n) is 7.54. The maximum Gasteiger partial charge on any atom is 0.388 e. The SMILES string of the molecule is COC(=O)c1ccc2nc(Cc3cc(F)c(-c4cccc(OCc5ccc(C#N)nc5OC(F)F)n4)cc3F)n(CC3CCO3)c2c1. The average molecular weight is 648 g/mol. The summed E-state index contributed by atoms with van der Waals surface area (Å²) in [4.78, 5) is 24.8. The first-order chi connectivity index (χ1) is 22.7. The Kier molecular flexibility index (Phi) is 8.99. The summed E-state index contributed by atoms with van der Waals surface area (Å²) in [6, 6.07) is 15.9. The van der Waals surface area contributed by atoms with Gasteiger partial charge in [-0.25, -0.2) is 28.5 Å². The monoisotopic (exact) mass is 647 g/mol. The number of carbonyl (C=O) groups excluding carboxylic acids is 1. The van der Waals surface area contributed by atoms with Crippen molar-refractivity contribution in [1.29, 1.82) is 5.26 Å². The topological polar surface area (TPSA) is 121 Å². The summed E-state index contributed by atoms with van der Waals surface area (Å²) in [5.41, 5.74) is 1.54. The number of halogens is 4. The molecule has 47 heavy (non-hydrogen) atoms. The summed E-state index contributed by atoms with van der Waals surface area (Å²) in [5.74, 6) is -1.96. The molecule has 0 amide bonds. The highest BCUT2D eigenvalue weighted by Crippen LogP contribution is 2.29. The highest BCUT2D eigenvalue weighted by molar-refractivity contribution is 5.93. The van der Waals surface area contributed by atoms with Crippen molar-refractivity contribution in [3.8, 4) is 29.1 Å². The van der Waals surface area contributed by atoms with E-state index in [2.05, 4.69) is 19.7 Å². The normalized spacial score (nSPS) is 14.1. The molecular weight excluding hydrogens is 622 g/mol. The van der Waals surface area contributed by atoms with Gasteiger partial charge in [0.05, 0.1) is 47.6 Å². The number of hydrogen-bond acceptors (Lipinski definition) is 9. The van der Waals surface area contributed by atoms with Crippen LogP contribution in [-0.2, 0) is 29.0 Å². The molecule has 1 saturated heterocycles. The molecular formula is C33H25F4N5O5. The first-order valence-electron chi connectivity index (χ1n) is 14.3.